The first-order valence-electron chi connectivity index (χ1n) is 8.61. The van der Waals surface area contributed by atoms with Crippen molar-refractivity contribution >= 4 is 23.9 Å². The number of nitrogens with zero attached hydrogens (tertiary/aromatic N) is 2. The Bertz CT molecular complexity index is 625. The van der Waals surface area contributed by atoms with Crippen molar-refractivity contribution < 1.29 is 9.53 Å². The lowest BCUT2D eigenvalue weighted by Crippen LogP contribution is -2.47. The summed E-state index contributed by atoms with van der Waals surface area (Å²) in [4.78, 5) is 19.7. The third-order valence-corrected chi connectivity index (χ3v) is 5.08. The number of hydrogen-bond donors (Lipinski definition) is 0. The molecule has 0 saturated heterocycles. The van der Waals surface area contributed by atoms with Crippen molar-refractivity contribution in [3.8, 4) is 0 Å². The predicted octanol–water partition coefficient (Wildman–Crippen LogP) is 4.09. The number of hydrogen-bond acceptors (Lipinski definition) is 4. The summed E-state index contributed by atoms with van der Waals surface area (Å²) in [6.45, 7) is 5.17. The van der Waals surface area contributed by atoms with Crippen molar-refractivity contribution in [3.63, 3.8) is 0 Å². The highest BCUT2D eigenvalue weighted by Gasteiger charge is 2.53. The number of carbonyl (C=O) groups excluding carboxylic acids is 1. The van der Waals surface area contributed by atoms with Crippen LogP contribution in [0.2, 0.25) is 5.02 Å². The molecule has 24 heavy (non-hydrogen) atoms. The zero-order chi connectivity index (χ0) is 17.3. The molecule has 2 unspecified atom stereocenters. The van der Waals surface area contributed by atoms with E-state index in [9.17, 15) is 4.79 Å². The lowest BCUT2D eigenvalue weighted by atomic mass is 9.79. The Morgan fingerprint density at radius 2 is 2.04 bits per heavy atom. The molecule has 1 fully saturated rings. The molecule has 0 aromatic heterocycles. The van der Waals surface area contributed by atoms with Gasteiger partial charge in [0.15, 0.2) is 5.54 Å². The maximum atomic E-state index is 12.8. The number of benzene rings is 1. The number of rotatable bonds is 6. The van der Waals surface area contributed by atoms with E-state index in [2.05, 4.69) is 18.7 Å². The molecule has 130 valence electrons. The quantitative estimate of drug-likeness (QED) is 0.727. The van der Waals surface area contributed by atoms with Crippen LogP contribution < -0.4 is 0 Å². The lowest BCUT2D eigenvalue weighted by molar-refractivity contribution is -0.149. The summed E-state index contributed by atoms with van der Waals surface area (Å²) in [6.07, 6.45) is 5.03. The highest BCUT2D eigenvalue weighted by Crippen LogP contribution is 2.45. The first-order valence-corrected chi connectivity index (χ1v) is 8.99. The summed E-state index contributed by atoms with van der Waals surface area (Å²) in [5.74, 6) is 0.779. The van der Waals surface area contributed by atoms with Crippen molar-refractivity contribution in [1.29, 1.82) is 0 Å². The maximum Gasteiger partial charge on any atom is 0.336 e. The molecule has 2 aliphatic rings. The average Bonchev–Trinajstić information content (AvgIpc) is 3.29. The van der Waals surface area contributed by atoms with E-state index >= 15 is 0 Å². The Hall–Kier alpha value is -1.55. The van der Waals surface area contributed by atoms with Crippen LogP contribution in [0.15, 0.2) is 29.3 Å². The van der Waals surface area contributed by atoms with Crippen molar-refractivity contribution in [2.45, 2.75) is 44.7 Å². The van der Waals surface area contributed by atoms with E-state index in [-0.39, 0.29) is 12.0 Å². The van der Waals surface area contributed by atoms with Gasteiger partial charge in [-0.1, -0.05) is 37.6 Å². The van der Waals surface area contributed by atoms with E-state index in [1.807, 2.05) is 30.6 Å². The molecule has 3 rings (SSSR count). The van der Waals surface area contributed by atoms with Crippen LogP contribution in [0.3, 0.4) is 0 Å². The number of carbonyl (C=O) groups is 1. The highest BCUT2D eigenvalue weighted by atomic mass is 35.5. The Balaban J connectivity index is 2.01. The standard InChI is InChI=1S/C19H25ClN2O2/c1-13(2)10-19(18(23)24-3)17(15-6-8-16(20)9-7-15)22(12-21-19)11-14-4-5-14/h6-9,12-14,17H,4-5,10-11H2,1-3H3. The van der Waals surface area contributed by atoms with Gasteiger partial charge in [-0.2, -0.15) is 0 Å². The first kappa shape index (κ1) is 17.3. The van der Waals surface area contributed by atoms with Crippen LogP contribution in [0.1, 0.15) is 44.7 Å². The first-order chi connectivity index (χ1) is 11.5. The minimum Gasteiger partial charge on any atom is -0.467 e. The molecule has 0 spiro atoms. The molecule has 1 saturated carbocycles. The zero-order valence-electron chi connectivity index (χ0n) is 14.5. The smallest absolute Gasteiger partial charge is 0.336 e. The van der Waals surface area contributed by atoms with Crippen LogP contribution in [0, 0.1) is 11.8 Å². The molecule has 1 aliphatic carbocycles. The number of methoxy groups -OCH3 is 1. The molecule has 2 atom stereocenters. The van der Waals surface area contributed by atoms with Gasteiger partial charge in [-0.3, -0.25) is 4.99 Å². The topological polar surface area (TPSA) is 41.9 Å². The van der Waals surface area contributed by atoms with Gasteiger partial charge in [0.25, 0.3) is 0 Å². The summed E-state index contributed by atoms with van der Waals surface area (Å²) >= 11 is 6.06. The second-order valence-corrected chi connectivity index (χ2v) is 7.79. The second kappa shape index (κ2) is 6.75. The van der Waals surface area contributed by atoms with Crippen molar-refractivity contribution in [2.75, 3.05) is 13.7 Å². The van der Waals surface area contributed by atoms with Crippen LogP contribution in [0.5, 0.6) is 0 Å². The van der Waals surface area contributed by atoms with Gasteiger partial charge in [-0.25, -0.2) is 4.79 Å². The summed E-state index contributed by atoms with van der Waals surface area (Å²) in [6, 6.07) is 7.62. The predicted molar refractivity (Wildman–Crippen MR) is 96.3 cm³/mol. The molecule has 1 aromatic carbocycles. The Morgan fingerprint density at radius 3 is 2.58 bits per heavy atom. The van der Waals surface area contributed by atoms with E-state index in [0.717, 1.165) is 12.1 Å². The fourth-order valence-electron chi connectivity index (χ4n) is 3.66. The molecule has 0 N–H and O–H groups in total. The van der Waals surface area contributed by atoms with Gasteiger partial charge < -0.3 is 9.64 Å². The molecule has 5 heteroatoms. The summed E-state index contributed by atoms with van der Waals surface area (Å²) in [5.41, 5.74) is 0.176. The van der Waals surface area contributed by atoms with Crippen LogP contribution in [-0.2, 0) is 9.53 Å². The van der Waals surface area contributed by atoms with E-state index in [0.29, 0.717) is 23.3 Å². The van der Waals surface area contributed by atoms with Gasteiger partial charge in [0.2, 0.25) is 0 Å². The van der Waals surface area contributed by atoms with Gasteiger partial charge >= 0.3 is 5.97 Å². The molecule has 0 radical (unpaired) electrons. The third kappa shape index (κ3) is 3.30. The van der Waals surface area contributed by atoms with E-state index in [1.165, 1.54) is 20.0 Å². The maximum absolute atomic E-state index is 12.8. The Kier molecular flexibility index (Phi) is 4.86. The minimum atomic E-state index is -0.883. The van der Waals surface area contributed by atoms with Crippen molar-refractivity contribution in [2.24, 2.45) is 16.8 Å². The van der Waals surface area contributed by atoms with Gasteiger partial charge in [-0.15, -0.1) is 0 Å². The number of ether oxygens (including phenoxy) is 1. The van der Waals surface area contributed by atoms with Crippen molar-refractivity contribution in [1.82, 2.24) is 4.90 Å². The molecular weight excluding hydrogens is 324 g/mol. The van der Waals surface area contributed by atoms with E-state index < -0.39 is 5.54 Å². The van der Waals surface area contributed by atoms with E-state index in [1.54, 1.807) is 0 Å². The van der Waals surface area contributed by atoms with Gasteiger partial charge in [0.1, 0.15) is 0 Å². The van der Waals surface area contributed by atoms with Gasteiger partial charge in [-0.05, 0) is 48.8 Å². The number of halogens is 1. The van der Waals surface area contributed by atoms with Crippen LogP contribution in [0.25, 0.3) is 0 Å². The van der Waals surface area contributed by atoms with Crippen LogP contribution >= 0.6 is 11.6 Å². The Morgan fingerprint density at radius 1 is 1.38 bits per heavy atom. The minimum absolute atomic E-state index is 0.134. The highest BCUT2D eigenvalue weighted by molar-refractivity contribution is 6.30. The van der Waals surface area contributed by atoms with Crippen LogP contribution in [0.4, 0.5) is 0 Å². The summed E-state index contributed by atoms with van der Waals surface area (Å²) in [7, 11) is 1.45. The number of esters is 1. The van der Waals surface area contributed by atoms with Crippen molar-refractivity contribution in [3.05, 3.63) is 34.9 Å². The number of aliphatic imine (C=N–C) groups is 1. The summed E-state index contributed by atoms with van der Waals surface area (Å²) < 4.78 is 5.18. The Labute approximate surface area is 148 Å². The normalized spacial score (nSPS) is 26.2. The third-order valence-electron chi connectivity index (χ3n) is 4.83. The summed E-state index contributed by atoms with van der Waals surface area (Å²) in [5, 5.41) is 0.693. The average molecular weight is 349 g/mol. The van der Waals surface area contributed by atoms with Gasteiger partial charge in [0, 0.05) is 11.6 Å². The molecule has 0 amide bonds. The molecule has 1 heterocycles. The molecule has 1 aromatic rings. The van der Waals surface area contributed by atoms with Gasteiger partial charge in [0.05, 0.1) is 19.5 Å². The molecule has 4 nitrogen and oxygen atoms in total. The SMILES string of the molecule is COC(=O)C1(CC(C)C)N=CN(CC2CC2)C1c1ccc(Cl)cc1. The zero-order valence-corrected chi connectivity index (χ0v) is 15.3. The molecule has 1 aliphatic heterocycles. The monoisotopic (exact) mass is 348 g/mol. The molecule has 0 bridgehead atoms. The fraction of sp³-hybridized carbons (Fsp3) is 0.579. The molecular formula is C19H25ClN2O2. The van der Waals surface area contributed by atoms with Crippen LogP contribution in [-0.4, -0.2) is 36.4 Å². The lowest BCUT2D eigenvalue weighted by Gasteiger charge is -2.36. The van der Waals surface area contributed by atoms with E-state index in [4.69, 9.17) is 21.3 Å². The largest absolute Gasteiger partial charge is 0.467 e. The fourth-order valence-corrected chi connectivity index (χ4v) is 3.79. The second-order valence-electron chi connectivity index (χ2n) is 7.35.